The number of carbonyl (C=O) groups excluding carboxylic acids is 1. The average molecular weight is 432 g/mol. The van der Waals surface area contributed by atoms with Crippen LogP contribution in [0.15, 0.2) is 84.9 Å². The highest BCUT2D eigenvalue weighted by Gasteiger charge is 2.19. The molecular formula is C27H29NO2S. The van der Waals surface area contributed by atoms with Gasteiger partial charge in [0.05, 0.1) is 11.6 Å². The maximum atomic E-state index is 12.4. The zero-order valence-corrected chi connectivity index (χ0v) is 18.7. The molecule has 0 fully saturated rings. The van der Waals surface area contributed by atoms with E-state index in [-0.39, 0.29) is 6.04 Å². The number of unbranched alkanes of at least 4 members (excludes halogenated alkanes) is 3. The molecule has 0 saturated carbocycles. The third-order valence-corrected chi connectivity index (χ3v) is 5.76. The molecule has 0 heterocycles. The van der Waals surface area contributed by atoms with E-state index in [0.717, 1.165) is 35.3 Å². The van der Waals surface area contributed by atoms with Gasteiger partial charge in [0.2, 0.25) is 0 Å². The summed E-state index contributed by atoms with van der Waals surface area (Å²) in [6.07, 6.45) is 5.34. The van der Waals surface area contributed by atoms with Crippen molar-refractivity contribution in [2.24, 2.45) is 0 Å². The van der Waals surface area contributed by atoms with Crippen molar-refractivity contribution in [1.82, 2.24) is 5.48 Å². The number of rotatable bonds is 11. The Morgan fingerprint density at radius 2 is 1.42 bits per heavy atom. The molecule has 0 aliphatic rings. The third kappa shape index (κ3) is 6.84. The van der Waals surface area contributed by atoms with Gasteiger partial charge in [-0.25, -0.2) is 4.79 Å². The lowest BCUT2D eigenvalue weighted by molar-refractivity contribution is 0.0207. The molecule has 3 nitrogen and oxygen atoms in total. The highest BCUT2D eigenvalue weighted by atomic mass is 32.1. The molecule has 160 valence electrons. The fourth-order valence-electron chi connectivity index (χ4n) is 3.44. The van der Waals surface area contributed by atoms with Crippen LogP contribution in [0.5, 0.6) is 0 Å². The summed E-state index contributed by atoms with van der Waals surface area (Å²) in [6.45, 7) is 2.19. The predicted octanol–water partition coefficient (Wildman–Crippen LogP) is 6.77. The number of hydrogen-bond donors (Lipinski definition) is 1. The first-order chi connectivity index (χ1) is 15.2. The van der Waals surface area contributed by atoms with Crippen LogP contribution in [-0.4, -0.2) is 16.9 Å². The Morgan fingerprint density at radius 1 is 0.806 bits per heavy atom. The van der Waals surface area contributed by atoms with Crippen LogP contribution >= 0.6 is 12.2 Å². The normalized spacial score (nSPS) is 11.6. The van der Waals surface area contributed by atoms with Crippen LogP contribution in [0.4, 0.5) is 0 Å². The first kappa shape index (κ1) is 22.9. The molecule has 0 radical (unpaired) electrons. The monoisotopic (exact) mass is 431 g/mol. The molecule has 0 aliphatic heterocycles. The van der Waals surface area contributed by atoms with Crippen molar-refractivity contribution < 1.29 is 9.63 Å². The quantitative estimate of drug-likeness (QED) is 0.157. The van der Waals surface area contributed by atoms with E-state index in [9.17, 15) is 4.79 Å². The fraction of sp³-hybridized carbons (Fsp3) is 0.259. The van der Waals surface area contributed by atoms with E-state index in [0.29, 0.717) is 5.56 Å². The molecule has 1 atom stereocenters. The van der Waals surface area contributed by atoms with Crippen LogP contribution in [0, 0.1) is 0 Å². The maximum Gasteiger partial charge on any atom is 0.356 e. The lowest BCUT2D eigenvalue weighted by Gasteiger charge is -2.20. The van der Waals surface area contributed by atoms with Gasteiger partial charge in [-0.1, -0.05) is 118 Å². The number of hydrogen-bond acceptors (Lipinski definition) is 4. The van der Waals surface area contributed by atoms with Gasteiger partial charge in [0.25, 0.3) is 0 Å². The highest BCUT2D eigenvalue weighted by Crippen LogP contribution is 2.21. The number of thiocarbonyl (C=S) groups is 1. The summed E-state index contributed by atoms with van der Waals surface area (Å²) in [6, 6.07) is 27.3. The van der Waals surface area contributed by atoms with Gasteiger partial charge in [0, 0.05) is 4.86 Å². The van der Waals surface area contributed by atoms with Gasteiger partial charge < -0.3 is 4.84 Å². The van der Waals surface area contributed by atoms with E-state index in [2.05, 4.69) is 36.7 Å². The lowest BCUT2D eigenvalue weighted by atomic mass is 9.98. The molecule has 3 rings (SSSR count). The van der Waals surface area contributed by atoms with Gasteiger partial charge in [0.1, 0.15) is 0 Å². The summed E-state index contributed by atoms with van der Waals surface area (Å²) in [5.74, 6) is -0.401. The van der Waals surface area contributed by atoms with Gasteiger partial charge >= 0.3 is 5.97 Å². The first-order valence-electron chi connectivity index (χ1n) is 10.9. The molecule has 0 saturated heterocycles. The third-order valence-electron chi connectivity index (χ3n) is 5.24. The van der Waals surface area contributed by atoms with Gasteiger partial charge in [-0.3, -0.25) is 0 Å². The van der Waals surface area contributed by atoms with E-state index in [4.69, 9.17) is 17.1 Å². The van der Waals surface area contributed by atoms with Crippen molar-refractivity contribution in [2.75, 3.05) is 0 Å². The molecule has 4 heteroatoms. The van der Waals surface area contributed by atoms with Crippen molar-refractivity contribution in [3.8, 4) is 11.1 Å². The highest BCUT2D eigenvalue weighted by molar-refractivity contribution is 7.81. The van der Waals surface area contributed by atoms with E-state index < -0.39 is 5.97 Å². The van der Waals surface area contributed by atoms with Gasteiger partial charge in [-0.15, -0.1) is 5.48 Å². The number of benzene rings is 3. The molecule has 3 aromatic rings. The van der Waals surface area contributed by atoms with Crippen molar-refractivity contribution >= 4 is 23.1 Å². The molecule has 0 bridgehead atoms. The summed E-state index contributed by atoms with van der Waals surface area (Å²) in [4.78, 5) is 18.5. The topological polar surface area (TPSA) is 38.3 Å². The zero-order valence-electron chi connectivity index (χ0n) is 17.9. The number of hydroxylamine groups is 1. The minimum atomic E-state index is -0.401. The number of carbonyl (C=O) groups is 1. The van der Waals surface area contributed by atoms with Crippen LogP contribution in [0.25, 0.3) is 11.1 Å². The van der Waals surface area contributed by atoms with Crippen molar-refractivity contribution in [3.63, 3.8) is 0 Å². The summed E-state index contributed by atoms with van der Waals surface area (Å²) in [5.41, 5.74) is 6.75. The van der Waals surface area contributed by atoms with Gasteiger partial charge in [-0.05, 0) is 35.2 Å². The molecule has 3 aromatic carbocycles. The Balaban J connectivity index is 1.68. The standard InChI is InChI=1S/C27H29NO2S/c1-2-3-4-11-16-25(28-30-27(29)24-14-9-6-10-15-24)26(31)23-19-17-22(18-20-23)21-12-7-5-8-13-21/h5-10,12-15,17-20,25,28H,2-4,11,16H2,1H3. The van der Waals surface area contributed by atoms with Crippen molar-refractivity contribution in [2.45, 2.75) is 45.1 Å². The van der Waals surface area contributed by atoms with Crippen LogP contribution in [0.2, 0.25) is 0 Å². The minimum absolute atomic E-state index is 0.206. The van der Waals surface area contributed by atoms with E-state index in [1.54, 1.807) is 12.1 Å². The summed E-state index contributed by atoms with van der Waals surface area (Å²) in [7, 11) is 0. The Bertz CT molecular complexity index is 956. The van der Waals surface area contributed by atoms with Crippen LogP contribution in [0.1, 0.15) is 54.9 Å². The second-order valence-corrected chi connectivity index (χ2v) is 8.02. The average Bonchev–Trinajstić information content (AvgIpc) is 2.84. The Morgan fingerprint density at radius 3 is 2.06 bits per heavy atom. The Labute approximate surface area is 190 Å². The Kier molecular flexibility index (Phi) is 8.95. The fourth-order valence-corrected chi connectivity index (χ4v) is 3.74. The first-order valence-corrected chi connectivity index (χ1v) is 11.3. The Hall–Kier alpha value is -2.82. The predicted molar refractivity (Wildman–Crippen MR) is 131 cm³/mol. The number of nitrogens with one attached hydrogen (secondary N) is 1. The molecule has 31 heavy (non-hydrogen) atoms. The van der Waals surface area contributed by atoms with Crippen molar-refractivity contribution in [1.29, 1.82) is 0 Å². The zero-order chi connectivity index (χ0) is 21.9. The second kappa shape index (κ2) is 12.1. The molecular weight excluding hydrogens is 402 g/mol. The second-order valence-electron chi connectivity index (χ2n) is 7.58. The van der Waals surface area contributed by atoms with Crippen LogP contribution in [0.3, 0.4) is 0 Å². The molecule has 0 aliphatic carbocycles. The van der Waals surface area contributed by atoms with Crippen LogP contribution in [-0.2, 0) is 4.84 Å². The summed E-state index contributed by atoms with van der Waals surface area (Å²) < 4.78 is 0. The van der Waals surface area contributed by atoms with Crippen molar-refractivity contribution in [3.05, 3.63) is 96.1 Å². The lowest BCUT2D eigenvalue weighted by Crippen LogP contribution is -2.38. The van der Waals surface area contributed by atoms with Gasteiger partial charge in [0.15, 0.2) is 0 Å². The molecule has 1 N–H and O–H groups in total. The summed E-state index contributed by atoms with van der Waals surface area (Å²) in [5, 5.41) is 0. The van der Waals surface area contributed by atoms with E-state index in [1.807, 2.05) is 48.5 Å². The molecule has 0 spiro atoms. The van der Waals surface area contributed by atoms with Gasteiger partial charge in [-0.2, -0.15) is 0 Å². The molecule has 0 aromatic heterocycles. The summed E-state index contributed by atoms with van der Waals surface area (Å²) >= 11 is 5.79. The largest absolute Gasteiger partial charge is 0.366 e. The minimum Gasteiger partial charge on any atom is -0.366 e. The maximum absolute atomic E-state index is 12.4. The SMILES string of the molecule is CCCCCCC(NOC(=O)c1ccccc1)C(=S)c1ccc(-c2ccccc2)cc1. The van der Waals surface area contributed by atoms with E-state index in [1.165, 1.54) is 18.4 Å². The molecule has 0 amide bonds. The molecule has 1 unspecified atom stereocenters. The van der Waals surface area contributed by atoms with E-state index >= 15 is 0 Å². The van der Waals surface area contributed by atoms with Crippen LogP contribution < -0.4 is 5.48 Å². The smallest absolute Gasteiger partial charge is 0.356 e.